The summed E-state index contributed by atoms with van der Waals surface area (Å²) in [6, 6.07) is -0.136. The van der Waals surface area contributed by atoms with Gasteiger partial charge in [-0.25, -0.2) is 0 Å². The summed E-state index contributed by atoms with van der Waals surface area (Å²) in [6.07, 6.45) is 15.4. The van der Waals surface area contributed by atoms with Gasteiger partial charge in [0, 0.05) is 12.6 Å². The Balaban J connectivity index is 1.32. The average molecular weight is 324 g/mol. The van der Waals surface area contributed by atoms with E-state index >= 15 is 0 Å². The normalized spacial score (nSPS) is 32.5. The van der Waals surface area contributed by atoms with Gasteiger partial charge in [-0.1, -0.05) is 19.3 Å². The number of likely N-dealkylation sites (tertiary alicyclic amines) is 1. The van der Waals surface area contributed by atoms with Gasteiger partial charge in [0.15, 0.2) is 0 Å². The number of hydrogen-bond donors (Lipinski definition) is 1. The maximum atomic E-state index is 11.0. The monoisotopic (exact) mass is 323 g/mol. The fourth-order valence-corrected chi connectivity index (χ4v) is 5.21. The molecule has 0 aromatic carbocycles. The molecule has 3 rings (SSSR count). The van der Waals surface area contributed by atoms with Crippen molar-refractivity contribution < 1.29 is 5.21 Å². The summed E-state index contributed by atoms with van der Waals surface area (Å²) in [6.45, 7) is 3.97. The van der Waals surface area contributed by atoms with Crippen LogP contribution in [0.3, 0.4) is 0 Å². The van der Waals surface area contributed by atoms with E-state index in [1.165, 1.54) is 71.0 Å². The van der Waals surface area contributed by atoms with E-state index in [9.17, 15) is 5.21 Å². The minimum atomic E-state index is -0.136. The van der Waals surface area contributed by atoms with E-state index in [1.54, 1.807) is 0 Å². The average Bonchev–Trinajstić information content (AvgIpc) is 2.58. The zero-order valence-electron chi connectivity index (χ0n) is 14.7. The van der Waals surface area contributed by atoms with Crippen LogP contribution in [0.25, 0.3) is 0 Å². The van der Waals surface area contributed by atoms with Gasteiger partial charge in [0.25, 0.3) is 0 Å². The van der Waals surface area contributed by atoms with Crippen LogP contribution in [-0.4, -0.2) is 41.0 Å². The molecule has 0 spiro atoms. The Morgan fingerprint density at radius 1 is 0.783 bits per heavy atom. The van der Waals surface area contributed by atoms with Crippen molar-refractivity contribution in [2.75, 3.05) is 19.6 Å². The van der Waals surface area contributed by atoms with Crippen molar-refractivity contribution in [3.63, 3.8) is 0 Å². The number of hydrogen-bond acceptors (Lipinski definition) is 4. The summed E-state index contributed by atoms with van der Waals surface area (Å²) < 4.78 is 0. The van der Waals surface area contributed by atoms with Gasteiger partial charge in [-0.3, -0.25) is 5.23 Å². The van der Waals surface area contributed by atoms with E-state index in [2.05, 4.69) is 4.90 Å². The molecule has 2 aliphatic carbocycles. The third kappa shape index (κ3) is 5.42. The molecule has 2 saturated carbocycles. The first-order chi connectivity index (χ1) is 11.2. The van der Waals surface area contributed by atoms with Gasteiger partial charge < -0.3 is 15.3 Å². The van der Waals surface area contributed by atoms with E-state index in [-0.39, 0.29) is 11.3 Å². The molecule has 134 valence electrons. The second-order valence-electron chi connectivity index (χ2n) is 8.46. The standard InChI is InChI=1S/C19H35N2O2/c22-21(23)19-8-6-16(7-9-19)14-17-10-12-20(13-11-17)15-18-4-2-1-3-5-18/h16-19,22H,1-15H2/q-1. The Morgan fingerprint density at radius 3 is 2.00 bits per heavy atom. The van der Waals surface area contributed by atoms with Crippen molar-refractivity contribution >= 4 is 0 Å². The van der Waals surface area contributed by atoms with Gasteiger partial charge >= 0.3 is 0 Å². The maximum absolute atomic E-state index is 11.0. The number of piperidine rings is 1. The SMILES string of the molecule is [O-]N(O)C1CCC(CC2CCN(CC3CCCCC3)CC2)CC1. The zero-order chi connectivity index (χ0) is 16.1. The smallest absolute Gasteiger partial charge is 0.0217 e. The summed E-state index contributed by atoms with van der Waals surface area (Å²) in [5.41, 5.74) is 0. The molecule has 0 unspecified atom stereocenters. The van der Waals surface area contributed by atoms with Gasteiger partial charge in [-0.2, -0.15) is 0 Å². The second-order valence-corrected chi connectivity index (χ2v) is 8.46. The van der Waals surface area contributed by atoms with E-state index in [0.29, 0.717) is 0 Å². The van der Waals surface area contributed by atoms with Gasteiger partial charge in [-0.15, -0.1) is 0 Å². The molecule has 4 heteroatoms. The van der Waals surface area contributed by atoms with E-state index in [0.717, 1.165) is 43.4 Å². The summed E-state index contributed by atoms with van der Waals surface area (Å²) in [5, 5.41) is 20.2. The minimum Gasteiger partial charge on any atom is -0.762 e. The summed E-state index contributed by atoms with van der Waals surface area (Å²) in [5.74, 6) is 2.67. The summed E-state index contributed by atoms with van der Waals surface area (Å²) in [7, 11) is 0. The molecular weight excluding hydrogens is 288 g/mol. The fraction of sp³-hybridized carbons (Fsp3) is 1.00. The molecule has 1 aliphatic heterocycles. The van der Waals surface area contributed by atoms with Crippen molar-refractivity contribution in [2.45, 2.75) is 83.1 Å². The van der Waals surface area contributed by atoms with Crippen molar-refractivity contribution in [1.29, 1.82) is 0 Å². The molecule has 4 nitrogen and oxygen atoms in total. The molecule has 23 heavy (non-hydrogen) atoms. The lowest BCUT2D eigenvalue weighted by atomic mass is 9.78. The lowest BCUT2D eigenvalue weighted by molar-refractivity contribution is -0.0923. The van der Waals surface area contributed by atoms with Crippen LogP contribution in [0, 0.1) is 23.0 Å². The Labute approximate surface area is 141 Å². The molecule has 0 aromatic heterocycles. The second kappa shape index (κ2) is 8.80. The topological polar surface area (TPSA) is 49.8 Å². The lowest BCUT2D eigenvalue weighted by Gasteiger charge is -2.39. The summed E-state index contributed by atoms with van der Waals surface area (Å²) in [4.78, 5) is 2.73. The first-order valence-electron chi connectivity index (χ1n) is 10.1. The molecule has 0 aromatic rings. The highest BCUT2D eigenvalue weighted by molar-refractivity contribution is 4.81. The first kappa shape index (κ1) is 17.7. The maximum Gasteiger partial charge on any atom is 0.0217 e. The molecule has 0 amide bonds. The lowest BCUT2D eigenvalue weighted by Crippen LogP contribution is -2.38. The first-order valence-corrected chi connectivity index (χ1v) is 10.1. The van der Waals surface area contributed by atoms with E-state index in [4.69, 9.17) is 5.21 Å². The van der Waals surface area contributed by atoms with Crippen molar-refractivity contribution in [2.24, 2.45) is 17.8 Å². The predicted octanol–water partition coefficient (Wildman–Crippen LogP) is 4.42. The quantitative estimate of drug-likeness (QED) is 0.761. The third-order valence-corrected chi connectivity index (χ3v) is 6.74. The molecule has 1 heterocycles. The van der Waals surface area contributed by atoms with Crippen LogP contribution in [0.15, 0.2) is 0 Å². The van der Waals surface area contributed by atoms with Crippen LogP contribution < -0.4 is 0 Å². The molecular formula is C19H35N2O2-. The Morgan fingerprint density at radius 2 is 1.39 bits per heavy atom. The van der Waals surface area contributed by atoms with Gasteiger partial charge in [0.05, 0.1) is 0 Å². The highest BCUT2D eigenvalue weighted by Crippen LogP contribution is 2.34. The largest absolute Gasteiger partial charge is 0.762 e. The minimum absolute atomic E-state index is 0.136. The van der Waals surface area contributed by atoms with Crippen molar-refractivity contribution in [1.82, 2.24) is 10.1 Å². The molecule has 1 N–H and O–H groups in total. The number of rotatable bonds is 5. The van der Waals surface area contributed by atoms with Gasteiger partial charge in [0.1, 0.15) is 0 Å². The molecule has 3 aliphatic rings. The molecule has 1 saturated heterocycles. The predicted molar refractivity (Wildman–Crippen MR) is 93.1 cm³/mol. The Bertz CT molecular complexity index is 328. The van der Waals surface area contributed by atoms with Crippen LogP contribution in [0.5, 0.6) is 0 Å². The molecule has 0 atom stereocenters. The van der Waals surface area contributed by atoms with E-state index in [1.807, 2.05) is 0 Å². The van der Waals surface area contributed by atoms with Crippen molar-refractivity contribution in [3.8, 4) is 0 Å². The van der Waals surface area contributed by atoms with E-state index < -0.39 is 0 Å². The zero-order valence-corrected chi connectivity index (χ0v) is 14.7. The molecule has 0 bridgehead atoms. The number of nitrogens with zero attached hydrogens (tertiary/aromatic N) is 2. The van der Waals surface area contributed by atoms with Crippen LogP contribution in [0.4, 0.5) is 0 Å². The van der Waals surface area contributed by atoms with Crippen LogP contribution >= 0.6 is 0 Å². The van der Waals surface area contributed by atoms with Crippen molar-refractivity contribution in [3.05, 3.63) is 5.21 Å². The van der Waals surface area contributed by atoms with Gasteiger partial charge in [0.2, 0.25) is 0 Å². The Kier molecular flexibility index (Phi) is 6.75. The summed E-state index contributed by atoms with van der Waals surface area (Å²) >= 11 is 0. The highest BCUT2D eigenvalue weighted by Gasteiger charge is 2.27. The molecule has 3 fully saturated rings. The number of hydroxylamine groups is 2. The van der Waals surface area contributed by atoms with Gasteiger partial charge in [-0.05, 0) is 88.6 Å². The van der Waals surface area contributed by atoms with Crippen LogP contribution in [-0.2, 0) is 0 Å². The highest BCUT2D eigenvalue weighted by atomic mass is 16.8. The molecule has 0 radical (unpaired) electrons. The third-order valence-electron chi connectivity index (χ3n) is 6.74. The van der Waals surface area contributed by atoms with Crippen LogP contribution in [0.2, 0.25) is 0 Å². The fourth-order valence-electron chi connectivity index (χ4n) is 5.21. The Hall–Kier alpha value is -0.160. The van der Waals surface area contributed by atoms with Crippen LogP contribution in [0.1, 0.15) is 77.0 Å².